The number of alkyl halides is 1. The fourth-order valence-corrected chi connectivity index (χ4v) is 5.03. The Hall–Kier alpha value is -2.22. The maximum atomic E-state index is 12.8. The molecule has 3 aromatic rings. The van der Waals surface area contributed by atoms with Crippen LogP contribution in [-0.4, -0.2) is 71.3 Å². The summed E-state index contributed by atoms with van der Waals surface area (Å²) in [7, 11) is 7.99. The quantitative estimate of drug-likeness (QED) is 0.200. The predicted molar refractivity (Wildman–Crippen MR) is 160 cm³/mol. The van der Waals surface area contributed by atoms with Crippen LogP contribution >= 0.6 is 38.5 Å². The molecule has 0 fully saturated rings. The van der Waals surface area contributed by atoms with Gasteiger partial charge in [-0.3, -0.25) is 4.79 Å². The van der Waals surface area contributed by atoms with Crippen molar-refractivity contribution >= 4 is 67.3 Å². The van der Waals surface area contributed by atoms with Gasteiger partial charge in [0.2, 0.25) is 5.95 Å². The number of hydrogen-bond acceptors (Lipinski definition) is 8. The van der Waals surface area contributed by atoms with Crippen LogP contribution in [0.5, 0.6) is 0 Å². The molecule has 1 unspecified atom stereocenters. The van der Waals surface area contributed by atoms with Crippen molar-refractivity contribution in [2.45, 2.75) is 19.0 Å². The van der Waals surface area contributed by atoms with Crippen molar-refractivity contribution in [2.24, 2.45) is 0 Å². The number of halogens is 2. The monoisotopic (exact) mass is 669 g/mol. The van der Waals surface area contributed by atoms with Crippen molar-refractivity contribution in [1.82, 2.24) is 19.4 Å². The molecule has 11 heteroatoms. The fourth-order valence-electron chi connectivity index (χ4n) is 3.51. The van der Waals surface area contributed by atoms with E-state index in [0.717, 1.165) is 28.8 Å². The van der Waals surface area contributed by atoms with E-state index in [1.165, 1.54) is 0 Å². The zero-order valence-electron chi connectivity index (χ0n) is 21.0. The summed E-state index contributed by atoms with van der Waals surface area (Å²) in [6.07, 6.45) is 4.49. The number of hydrogen-bond donors (Lipinski definition) is 2. The molecule has 0 aliphatic heterocycles. The van der Waals surface area contributed by atoms with Crippen LogP contribution in [-0.2, 0) is 11.3 Å². The second-order valence-corrected chi connectivity index (χ2v) is 10.3. The van der Waals surface area contributed by atoms with Crippen molar-refractivity contribution in [1.29, 1.82) is 0 Å². The van der Waals surface area contributed by atoms with Crippen molar-refractivity contribution < 1.29 is 4.74 Å². The molecule has 1 atom stereocenters. The average molecular weight is 670 g/mol. The zero-order chi connectivity index (χ0) is 26.1. The number of methoxy groups -OCH3 is 1. The molecule has 0 saturated heterocycles. The third kappa shape index (κ3) is 7.89. The summed E-state index contributed by atoms with van der Waals surface area (Å²) in [5.74, 6) is 0.921. The summed E-state index contributed by atoms with van der Waals surface area (Å²) in [6, 6.07) is 12.3. The minimum absolute atomic E-state index is 0.148. The van der Waals surface area contributed by atoms with E-state index in [-0.39, 0.29) is 5.56 Å². The first-order valence-electron chi connectivity index (χ1n) is 11.6. The number of benzene rings is 1. The fraction of sp³-hybridized carbons (Fsp3) is 0.400. The first-order chi connectivity index (χ1) is 17.3. The number of rotatable bonds is 13. The van der Waals surface area contributed by atoms with Gasteiger partial charge in [-0.2, -0.15) is 4.98 Å². The van der Waals surface area contributed by atoms with Gasteiger partial charge in [0.05, 0.1) is 11.1 Å². The maximum Gasteiger partial charge on any atom is 0.274 e. The van der Waals surface area contributed by atoms with E-state index in [9.17, 15) is 4.79 Å². The summed E-state index contributed by atoms with van der Waals surface area (Å²) in [6.45, 7) is 1.91. The minimum Gasteiger partial charge on any atom is -0.383 e. The summed E-state index contributed by atoms with van der Waals surface area (Å²) >= 11 is 5.92. The molecule has 0 aliphatic rings. The number of anilines is 5. The highest BCUT2D eigenvalue weighted by molar-refractivity contribution is 14.1. The molecule has 9 nitrogen and oxygen atoms in total. The van der Waals surface area contributed by atoms with Crippen LogP contribution in [0.2, 0.25) is 0 Å². The van der Waals surface area contributed by atoms with Gasteiger partial charge in [-0.15, -0.1) is 0 Å². The van der Waals surface area contributed by atoms with Gasteiger partial charge in [0.15, 0.2) is 5.82 Å². The molecule has 3 rings (SSSR count). The van der Waals surface area contributed by atoms with Crippen molar-refractivity contribution in [2.75, 3.05) is 61.4 Å². The van der Waals surface area contributed by atoms with E-state index < -0.39 is 0 Å². The lowest BCUT2D eigenvalue weighted by Gasteiger charge is -2.26. The lowest BCUT2D eigenvalue weighted by atomic mass is 10.2. The molecule has 2 aromatic heterocycles. The molecule has 2 heterocycles. The van der Waals surface area contributed by atoms with Crippen LogP contribution in [0.1, 0.15) is 6.42 Å². The van der Waals surface area contributed by atoms with Crippen LogP contribution in [0.25, 0.3) is 0 Å². The second-order valence-electron chi connectivity index (χ2n) is 8.58. The average Bonchev–Trinajstić information content (AvgIpc) is 2.87. The number of nitrogens with zero attached hydrogens (tertiary/aromatic N) is 5. The molecule has 0 amide bonds. The first kappa shape index (κ1) is 28.4. The topological polar surface area (TPSA) is 87.6 Å². The van der Waals surface area contributed by atoms with Gasteiger partial charge in [-0.25, -0.2) is 4.98 Å². The van der Waals surface area contributed by atoms with E-state index in [1.54, 1.807) is 30.1 Å². The number of aromatic nitrogens is 3. The van der Waals surface area contributed by atoms with E-state index in [0.29, 0.717) is 41.1 Å². The maximum absolute atomic E-state index is 12.8. The third-order valence-corrected chi connectivity index (χ3v) is 7.42. The van der Waals surface area contributed by atoms with Gasteiger partial charge in [0, 0.05) is 61.5 Å². The van der Waals surface area contributed by atoms with E-state index in [4.69, 9.17) is 4.74 Å². The highest BCUT2D eigenvalue weighted by atomic mass is 127. The molecular weight excluding hydrogens is 637 g/mol. The van der Waals surface area contributed by atoms with Crippen LogP contribution in [0.15, 0.2) is 58.1 Å². The van der Waals surface area contributed by atoms with Gasteiger partial charge < -0.3 is 29.7 Å². The Morgan fingerprint density at radius 1 is 1.17 bits per heavy atom. The van der Waals surface area contributed by atoms with Gasteiger partial charge in [0.25, 0.3) is 5.56 Å². The SMILES string of the molecule is COCCn1cccc(Nc2nc(Nc3ccc(N(C)CCC(CI)N(C)C)cc3)ncc2Br)c1=O. The first-order valence-corrected chi connectivity index (χ1v) is 13.9. The highest BCUT2D eigenvalue weighted by Gasteiger charge is 2.12. The normalized spacial score (nSPS) is 12.0. The number of nitrogens with one attached hydrogen (secondary N) is 2. The zero-order valence-corrected chi connectivity index (χ0v) is 24.8. The van der Waals surface area contributed by atoms with Gasteiger partial charge in [-0.05, 0) is 72.8 Å². The molecule has 2 N–H and O–H groups in total. The van der Waals surface area contributed by atoms with Gasteiger partial charge in [-0.1, -0.05) is 22.6 Å². The summed E-state index contributed by atoms with van der Waals surface area (Å²) in [5.41, 5.74) is 2.30. The minimum atomic E-state index is -0.148. The van der Waals surface area contributed by atoms with E-state index in [2.05, 4.69) is 102 Å². The summed E-state index contributed by atoms with van der Waals surface area (Å²) in [5, 5.41) is 6.36. The highest BCUT2D eigenvalue weighted by Crippen LogP contribution is 2.25. The smallest absolute Gasteiger partial charge is 0.274 e. The lowest BCUT2D eigenvalue weighted by Crippen LogP contribution is -2.33. The van der Waals surface area contributed by atoms with Crippen molar-refractivity contribution in [3.63, 3.8) is 0 Å². The molecule has 194 valence electrons. The molecule has 1 aromatic carbocycles. The lowest BCUT2D eigenvalue weighted by molar-refractivity contribution is 0.186. The summed E-state index contributed by atoms with van der Waals surface area (Å²) < 4.78 is 8.45. The molecule has 0 saturated carbocycles. The largest absolute Gasteiger partial charge is 0.383 e. The van der Waals surface area contributed by atoms with Crippen molar-refractivity contribution in [3.05, 3.63) is 63.6 Å². The molecule has 0 radical (unpaired) electrons. The Balaban J connectivity index is 1.67. The molecule has 0 spiro atoms. The predicted octanol–water partition coefficient (Wildman–Crippen LogP) is 4.73. The van der Waals surface area contributed by atoms with E-state index in [1.807, 2.05) is 18.2 Å². The Bertz CT molecular complexity index is 1170. The summed E-state index contributed by atoms with van der Waals surface area (Å²) in [4.78, 5) is 26.2. The van der Waals surface area contributed by atoms with Gasteiger partial charge >= 0.3 is 0 Å². The Labute approximate surface area is 234 Å². The van der Waals surface area contributed by atoms with Gasteiger partial charge in [0.1, 0.15) is 5.69 Å². The Morgan fingerprint density at radius 3 is 2.58 bits per heavy atom. The molecular formula is C25H33BrIN7O2. The number of pyridine rings is 1. The number of ether oxygens (including phenoxy) is 1. The molecule has 36 heavy (non-hydrogen) atoms. The van der Waals surface area contributed by atoms with Crippen LogP contribution < -0.4 is 21.1 Å². The Morgan fingerprint density at radius 2 is 1.92 bits per heavy atom. The third-order valence-electron chi connectivity index (χ3n) is 5.82. The van der Waals surface area contributed by atoms with Crippen molar-refractivity contribution in [3.8, 4) is 0 Å². The molecule has 0 bridgehead atoms. The van der Waals surface area contributed by atoms with Crippen LogP contribution in [0, 0.1) is 0 Å². The van der Waals surface area contributed by atoms with Crippen LogP contribution in [0.3, 0.4) is 0 Å². The molecule has 0 aliphatic carbocycles. The van der Waals surface area contributed by atoms with Crippen LogP contribution in [0.4, 0.5) is 28.8 Å². The standard InChI is InChI=1S/C25H33BrIN7O2/c1-32(2)20(16-27)11-13-33(3)19-9-7-18(8-10-19)29-25-28-17-21(26)23(31-25)30-22-6-5-12-34(24(22)35)14-15-36-4/h5-10,12,17,20H,11,13-16H2,1-4H3,(H2,28,29,30,31). The van der Waals surface area contributed by atoms with E-state index >= 15 is 0 Å². The second kappa shape index (κ2) is 13.9. The Kier molecular flexibility index (Phi) is 11.0.